The minimum Gasteiger partial charge on any atom is -0.461 e. The van der Waals surface area contributed by atoms with E-state index in [0.717, 1.165) is 29.1 Å². The van der Waals surface area contributed by atoms with Crippen molar-refractivity contribution in [2.75, 3.05) is 7.05 Å². The lowest BCUT2D eigenvalue weighted by Crippen LogP contribution is -2.23. The minimum absolute atomic E-state index is 0.320. The summed E-state index contributed by atoms with van der Waals surface area (Å²) in [5.74, 6) is 1.05. The molecule has 3 rings (SSSR count). The highest BCUT2D eigenvalue weighted by atomic mass is 32.1. The molecule has 6 heteroatoms. The Balaban J connectivity index is 1.83. The molecular formula is C18H24N4OS. The van der Waals surface area contributed by atoms with E-state index in [1.807, 2.05) is 27.7 Å². The molecule has 1 aromatic carbocycles. The van der Waals surface area contributed by atoms with Gasteiger partial charge < -0.3 is 8.98 Å². The van der Waals surface area contributed by atoms with Crippen LogP contribution in [0, 0.1) is 4.77 Å². The van der Waals surface area contributed by atoms with Gasteiger partial charge in [-0.15, -0.1) is 0 Å². The summed E-state index contributed by atoms with van der Waals surface area (Å²) >= 11 is 5.51. The first-order valence-electron chi connectivity index (χ1n) is 8.33. The smallest absolute Gasteiger partial charge is 0.199 e. The van der Waals surface area contributed by atoms with Crippen molar-refractivity contribution < 1.29 is 4.42 Å². The standard InChI is InChI=1S/C18H24N4OS/c1-5-16-15(14-8-6-7-9-17(14)23-16)10-20(4)12-22-18(24)21(11-19-22)13(2)3/h6-9,11,13H,5,10,12H2,1-4H3. The quantitative estimate of drug-likeness (QED) is 0.622. The molecule has 5 nitrogen and oxygen atoms in total. The molecule has 0 aliphatic carbocycles. The zero-order valence-corrected chi connectivity index (χ0v) is 15.5. The van der Waals surface area contributed by atoms with Crippen LogP contribution in [0.5, 0.6) is 0 Å². The highest BCUT2D eigenvalue weighted by Crippen LogP contribution is 2.27. The molecule has 0 aliphatic rings. The van der Waals surface area contributed by atoms with E-state index in [0.29, 0.717) is 12.7 Å². The number of hydrogen-bond donors (Lipinski definition) is 0. The Morgan fingerprint density at radius 2 is 2.04 bits per heavy atom. The molecule has 0 N–H and O–H groups in total. The van der Waals surface area contributed by atoms with E-state index in [4.69, 9.17) is 16.6 Å². The maximum absolute atomic E-state index is 5.98. The van der Waals surface area contributed by atoms with E-state index < -0.39 is 0 Å². The summed E-state index contributed by atoms with van der Waals surface area (Å²) < 4.78 is 10.6. The lowest BCUT2D eigenvalue weighted by Gasteiger charge is -2.16. The van der Waals surface area contributed by atoms with E-state index >= 15 is 0 Å². The first-order valence-corrected chi connectivity index (χ1v) is 8.73. The van der Waals surface area contributed by atoms with E-state index in [9.17, 15) is 0 Å². The fraction of sp³-hybridized carbons (Fsp3) is 0.444. The summed E-state index contributed by atoms with van der Waals surface area (Å²) in [6.07, 6.45) is 2.70. The lowest BCUT2D eigenvalue weighted by atomic mass is 10.1. The van der Waals surface area contributed by atoms with Gasteiger partial charge in [0.15, 0.2) is 4.77 Å². The molecule has 0 saturated heterocycles. The summed E-state index contributed by atoms with van der Waals surface area (Å²) in [7, 11) is 2.08. The number of hydrogen-bond acceptors (Lipinski definition) is 4. The van der Waals surface area contributed by atoms with Gasteiger partial charge in [-0.2, -0.15) is 5.10 Å². The molecule has 24 heavy (non-hydrogen) atoms. The first kappa shape index (κ1) is 16.9. The molecule has 3 aromatic rings. The topological polar surface area (TPSA) is 39.1 Å². The van der Waals surface area contributed by atoms with E-state index in [1.54, 1.807) is 0 Å². The molecule has 0 saturated carbocycles. The first-order chi connectivity index (χ1) is 11.5. The molecular weight excluding hydrogens is 320 g/mol. The number of rotatable bonds is 6. The van der Waals surface area contributed by atoms with Gasteiger partial charge in [-0.05, 0) is 39.2 Å². The van der Waals surface area contributed by atoms with Crippen LogP contribution in [0.4, 0.5) is 0 Å². The predicted molar refractivity (Wildman–Crippen MR) is 98.5 cm³/mol. The Hall–Kier alpha value is -1.92. The Morgan fingerprint density at radius 1 is 1.29 bits per heavy atom. The van der Waals surface area contributed by atoms with Gasteiger partial charge in [0.05, 0.1) is 6.67 Å². The molecule has 2 aromatic heterocycles. The molecule has 0 bridgehead atoms. The maximum atomic E-state index is 5.98. The number of fused-ring (bicyclic) bond motifs is 1. The van der Waals surface area contributed by atoms with Gasteiger partial charge >= 0.3 is 0 Å². The van der Waals surface area contributed by atoms with Crippen molar-refractivity contribution in [1.82, 2.24) is 19.2 Å². The maximum Gasteiger partial charge on any atom is 0.199 e. The van der Waals surface area contributed by atoms with Gasteiger partial charge in [-0.3, -0.25) is 4.90 Å². The van der Waals surface area contributed by atoms with Gasteiger partial charge in [0, 0.05) is 30.0 Å². The Morgan fingerprint density at radius 3 is 2.71 bits per heavy atom. The minimum atomic E-state index is 0.320. The van der Waals surface area contributed by atoms with Crippen molar-refractivity contribution in [1.29, 1.82) is 0 Å². The number of benzene rings is 1. The Bertz CT molecular complexity index is 890. The zero-order valence-electron chi connectivity index (χ0n) is 14.7. The second-order valence-corrected chi connectivity index (χ2v) is 6.79. The van der Waals surface area contributed by atoms with Crippen molar-refractivity contribution in [2.24, 2.45) is 0 Å². The number of aromatic nitrogens is 3. The van der Waals surface area contributed by atoms with Crippen molar-refractivity contribution in [3.05, 3.63) is 46.7 Å². The third-order valence-corrected chi connectivity index (χ3v) is 4.64. The van der Waals surface area contributed by atoms with Gasteiger partial charge in [-0.1, -0.05) is 25.1 Å². The van der Waals surface area contributed by atoms with Crippen LogP contribution in [0.15, 0.2) is 35.0 Å². The Kier molecular flexibility index (Phi) is 4.87. The number of nitrogens with zero attached hydrogens (tertiary/aromatic N) is 4. The normalized spacial score (nSPS) is 11.9. The van der Waals surface area contributed by atoms with Crippen LogP contribution < -0.4 is 0 Å². The molecule has 128 valence electrons. The average Bonchev–Trinajstić information content (AvgIpc) is 3.09. The monoisotopic (exact) mass is 344 g/mol. The van der Waals surface area contributed by atoms with Crippen molar-refractivity contribution in [3.63, 3.8) is 0 Å². The van der Waals surface area contributed by atoms with Crippen LogP contribution in [0.3, 0.4) is 0 Å². The fourth-order valence-electron chi connectivity index (χ4n) is 2.96. The third kappa shape index (κ3) is 3.16. The second-order valence-electron chi connectivity index (χ2n) is 6.42. The molecule has 0 radical (unpaired) electrons. The summed E-state index contributed by atoms with van der Waals surface area (Å²) in [4.78, 5) is 2.21. The molecule has 0 fully saturated rings. The largest absolute Gasteiger partial charge is 0.461 e. The van der Waals surface area contributed by atoms with Gasteiger partial charge in [0.25, 0.3) is 0 Å². The van der Waals surface area contributed by atoms with Crippen LogP contribution in [-0.2, 0) is 19.6 Å². The number of furan rings is 1. The van der Waals surface area contributed by atoms with Crippen LogP contribution in [0.2, 0.25) is 0 Å². The summed E-state index contributed by atoms with van der Waals surface area (Å²) in [6, 6.07) is 8.54. The van der Waals surface area contributed by atoms with Gasteiger partial charge in [0.1, 0.15) is 17.7 Å². The zero-order chi connectivity index (χ0) is 17.3. The SMILES string of the molecule is CCc1oc2ccccc2c1CN(C)Cn1ncn(C(C)C)c1=S. The molecule has 2 heterocycles. The predicted octanol–water partition coefficient (Wildman–Crippen LogP) is 4.39. The molecule has 0 aliphatic heterocycles. The van der Waals surface area contributed by atoms with Crippen LogP contribution in [0.25, 0.3) is 11.0 Å². The molecule has 0 spiro atoms. The summed E-state index contributed by atoms with van der Waals surface area (Å²) in [5.41, 5.74) is 2.21. The van der Waals surface area contributed by atoms with Crippen LogP contribution in [-0.4, -0.2) is 26.3 Å². The second kappa shape index (κ2) is 6.91. The van der Waals surface area contributed by atoms with E-state index in [1.165, 1.54) is 10.9 Å². The molecule has 0 atom stereocenters. The summed E-state index contributed by atoms with van der Waals surface area (Å²) in [6.45, 7) is 7.80. The number of para-hydroxylation sites is 1. The van der Waals surface area contributed by atoms with E-state index in [2.05, 4.69) is 50.0 Å². The van der Waals surface area contributed by atoms with Gasteiger partial charge in [-0.25, -0.2) is 4.68 Å². The van der Waals surface area contributed by atoms with E-state index in [-0.39, 0.29) is 0 Å². The van der Waals surface area contributed by atoms with Crippen molar-refractivity contribution >= 4 is 23.2 Å². The molecule has 0 amide bonds. The Labute approximate surface area is 147 Å². The highest BCUT2D eigenvalue weighted by molar-refractivity contribution is 7.71. The highest BCUT2D eigenvalue weighted by Gasteiger charge is 2.15. The van der Waals surface area contributed by atoms with Crippen LogP contribution in [0.1, 0.15) is 38.1 Å². The summed E-state index contributed by atoms with van der Waals surface area (Å²) in [5, 5.41) is 5.61. The fourth-order valence-corrected chi connectivity index (χ4v) is 3.32. The average molecular weight is 344 g/mol. The van der Waals surface area contributed by atoms with Crippen molar-refractivity contribution in [3.8, 4) is 0 Å². The van der Waals surface area contributed by atoms with Crippen LogP contribution >= 0.6 is 12.2 Å². The third-order valence-electron chi connectivity index (χ3n) is 4.22. The molecule has 0 unspecified atom stereocenters. The lowest BCUT2D eigenvalue weighted by molar-refractivity contribution is 0.242. The number of aryl methyl sites for hydroxylation is 1. The van der Waals surface area contributed by atoms with Gasteiger partial charge in [0.2, 0.25) is 0 Å². The van der Waals surface area contributed by atoms with Crippen molar-refractivity contribution in [2.45, 2.75) is 46.4 Å².